The Morgan fingerprint density at radius 1 is 1.19 bits per heavy atom. The van der Waals surface area contributed by atoms with Gasteiger partial charge in [0.05, 0.1) is 6.61 Å². The molecule has 0 aromatic rings. The Bertz CT molecular complexity index is 203. The molecule has 2 nitrogen and oxygen atoms in total. The molecule has 2 heteroatoms. The molecular weight excluding hydrogens is 200 g/mol. The average molecular weight is 224 g/mol. The van der Waals surface area contributed by atoms with Gasteiger partial charge < -0.3 is 9.47 Å². The Balaban J connectivity index is 1.94. The van der Waals surface area contributed by atoms with Crippen molar-refractivity contribution in [2.45, 2.75) is 51.7 Å². The minimum absolute atomic E-state index is 0.0535. The summed E-state index contributed by atoms with van der Waals surface area (Å²) in [5.41, 5.74) is 0. The van der Waals surface area contributed by atoms with Crippen LogP contribution in [0.25, 0.3) is 0 Å². The fourth-order valence-corrected chi connectivity index (χ4v) is 1.63. The number of ether oxygens (including phenoxy) is 2. The number of unbranched alkanes of at least 4 members (excludes halogenated alkanes) is 1. The molecule has 0 amide bonds. The Morgan fingerprint density at radius 2 is 2.00 bits per heavy atom. The summed E-state index contributed by atoms with van der Waals surface area (Å²) in [5, 5.41) is 0. The average Bonchev–Trinajstić information content (AvgIpc) is 2.34. The molecule has 92 valence electrons. The molecule has 0 aromatic heterocycles. The van der Waals surface area contributed by atoms with Gasteiger partial charge in [0.25, 0.3) is 0 Å². The van der Waals surface area contributed by atoms with Crippen LogP contribution in [-0.2, 0) is 9.47 Å². The minimum Gasteiger partial charge on any atom is -0.353 e. The van der Waals surface area contributed by atoms with E-state index in [-0.39, 0.29) is 6.29 Å². The molecule has 0 N–H and O–H groups in total. The summed E-state index contributed by atoms with van der Waals surface area (Å²) in [4.78, 5) is 0. The smallest absolute Gasteiger partial charge is 0.157 e. The lowest BCUT2D eigenvalue weighted by Crippen LogP contribution is -2.22. The van der Waals surface area contributed by atoms with Crippen molar-refractivity contribution in [2.75, 3.05) is 13.2 Å². The van der Waals surface area contributed by atoms with Crippen LogP contribution in [0.2, 0.25) is 0 Å². The van der Waals surface area contributed by atoms with Crippen LogP contribution in [0, 0.1) is 0 Å². The van der Waals surface area contributed by atoms with E-state index >= 15 is 0 Å². The van der Waals surface area contributed by atoms with Crippen LogP contribution in [-0.4, -0.2) is 19.5 Å². The van der Waals surface area contributed by atoms with Gasteiger partial charge in [-0.15, -0.1) is 0 Å². The topological polar surface area (TPSA) is 18.5 Å². The molecule has 1 saturated heterocycles. The van der Waals surface area contributed by atoms with E-state index < -0.39 is 0 Å². The zero-order valence-electron chi connectivity index (χ0n) is 10.4. The van der Waals surface area contributed by atoms with E-state index in [4.69, 9.17) is 9.47 Å². The Morgan fingerprint density at radius 3 is 2.69 bits per heavy atom. The number of hydrogen-bond donors (Lipinski definition) is 0. The molecule has 1 unspecified atom stereocenters. The molecule has 0 saturated carbocycles. The van der Waals surface area contributed by atoms with Gasteiger partial charge in [0.1, 0.15) is 0 Å². The quantitative estimate of drug-likeness (QED) is 0.483. The van der Waals surface area contributed by atoms with Gasteiger partial charge >= 0.3 is 0 Å². The van der Waals surface area contributed by atoms with Crippen molar-refractivity contribution >= 4 is 0 Å². The maximum atomic E-state index is 5.61. The van der Waals surface area contributed by atoms with E-state index in [1.165, 1.54) is 19.3 Å². The first-order chi connectivity index (χ1) is 7.93. The highest BCUT2D eigenvalue weighted by molar-refractivity contribution is 5.02. The lowest BCUT2D eigenvalue weighted by atomic mass is 10.2. The molecule has 1 atom stereocenters. The third kappa shape index (κ3) is 6.81. The van der Waals surface area contributed by atoms with E-state index in [0.717, 1.165) is 32.5 Å². The standard InChI is InChI=1S/C14H24O2/c1-2-3-4-5-6-7-9-12-15-14-11-8-10-13-16-14/h4-7,14H,2-3,8-13H2,1H3/b5-4+,7-6-. The minimum atomic E-state index is 0.0535. The Kier molecular flexibility index (Phi) is 8.09. The lowest BCUT2D eigenvalue weighted by Gasteiger charge is -2.22. The van der Waals surface area contributed by atoms with Gasteiger partial charge in [-0.1, -0.05) is 37.6 Å². The molecule has 1 aliphatic rings. The number of allylic oxidation sites excluding steroid dienone is 3. The molecule has 1 heterocycles. The Hall–Kier alpha value is -0.600. The zero-order chi connectivity index (χ0) is 11.5. The van der Waals surface area contributed by atoms with Crippen molar-refractivity contribution in [1.29, 1.82) is 0 Å². The highest BCUT2D eigenvalue weighted by Crippen LogP contribution is 2.13. The van der Waals surface area contributed by atoms with Gasteiger partial charge in [0, 0.05) is 6.61 Å². The van der Waals surface area contributed by atoms with Crippen LogP contribution in [0.1, 0.15) is 45.4 Å². The van der Waals surface area contributed by atoms with Crippen molar-refractivity contribution in [3.05, 3.63) is 24.3 Å². The fourth-order valence-electron chi connectivity index (χ4n) is 1.63. The third-order valence-corrected chi connectivity index (χ3v) is 2.56. The summed E-state index contributed by atoms with van der Waals surface area (Å²) in [7, 11) is 0. The van der Waals surface area contributed by atoms with Gasteiger partial charge in [0.2, 0.25) is 0 Å². The molecule has 0 spiro atoms. The molecule has 0 bridgehead atoms. The van der Waals surface area contributed by atoms with Gasteiger partial charge in [-0.3, -0.25) is 0 Å². The molecular formula is C14H24O2. The number of rotatable bonds is 7. The molecule has 1 rings (SSSR count). The van der Waals surface area contributed by atoms with Crippen molar-refractivity contribution in [2.24, 2.45) is 0 Å². The zero-order valence-corrected chi connectivity index (χ0v) is 10.4. The van der Waals surface area contributed by atoms with E-state index in [2.05, 4.69) is 31.2 Å². The summed E-state index contributed by atoms with van der Waals surface area (Å²) in [6.07, 6.45) is 15.4. The van der Waals surface area contributed by atoms with Gasteiger partial charge in [-0.05, 0) is 32.1 Å². The molecule has 1 aliphatic heterocycles. The first-order valence-corrected chi connectivity index (χ1v) is 6.48. The second kappa shape index (κ2) is 9.61. The highest BCUT2D eigenvalue weighted by atomic mass is 16.7. The summed E-state index contributed by atoms with van der Waals surface area (Å²) in [5.74, 6) is 0. The van der Waals surface area contributed by atoms with E-state index in [9.17, 15) is 0 Å². The largest absolute Gasteiger partial charge is 0.353 e. The molecule has 16 heavy (non-hydrogen) atoms. The fraction of sp³-hybridized carbons (Fsp3) is 0.714. The first kappa shape index (κ1) is 13.5. The van der Waals surface area contributed by atoms with Crippen molar-refractivity contribution in [3.8, 4) is 0 Å². The van der Waals surface area contributed by atoms with Gasteiger partial charge in [-0.25, -0.2) is 0 Å². The molecule has 1 fully saturated rings. The number of hydrogen-bond acceptors (Lipinski definition) is 2. The van der Waals surface area contributed by atoms with Crippen LogP contribution in [0.15, 0.2) is 24.3 Å². The van der Waals surface area contributed by atoms with Gasteiger partial charge in [0.15, 0.2) is 6.29 Å². The van der Waals surface area contributed by atoms with Crippen molar-refractivity contribution < 1.29 is 9.47 Å². The third-order valence-electron chi connectivity index (χ3n) is 2.56. The summed E-state index contributed by atoms with van der Waals surface area (Å²) in [6, 6.07) is 0. The maximum Gasteiger partial charge on any atom is 0.157 e. The van der Waals surface area contributed by atoms with Gasteiger partial charge in [-0.2, -0.15) is 0 Å². The van der Waals surface area contributed by atoms with E-state index in [0.29, 0.717) is 0 Å². The second-order valence-corrected chi connectivity index (χ2v) is 4.10. The van der Waals surface area contributed by atoms with Crippen LogP contribution >= 0.6 is 0 Å². The molecule has 0 aromatic carbocycles. The monoisotopic (exact) mass is 224 g/mol. The normalized spacial score (nSPS) is 22.2. The second-order valence-electron chi connectivity index (χ2n) is 4.10. The van der Waals surface area contributed by atoms with Crippen LogP contribution in [0.4, 0.5) is 0 Å². The summed E-state index contributed by atoms with van der Waals surface area (Å²) >= 11 is 0. The van der Waals surface area contributed by atoms with Crippen LogP contribution in [0.3, 0.4) is 0 Å². The highest BCUT2D eigenvalue weighted by Gasteiger charge is 2.12. The SMILES string of the molecule is CCC/C=C/C=C\CCOC1CCCCO1. The lowest BCUT2D eigenvalue weighted by molar-refractivity contribution is -0.161. The molecule has 0 aliphatic carbocycles. The van der Waals surface area contributed by atoms with E-state index in [1.54, 1.807) is 0 Å². The van der Waals surface area contributed by atoms with Crippen molar-refractivity contribution in [3.63, 3.8) is 0 Å². The predicted octanol–water partition coefficient (Wildman–Crippen LogP) is 3.83. The molecule has 0 radical (unpaired) electrons. The Labute approximate surface area is 99.3 Å². The van der Waals surface area contributed by atoms with E-state index in [1.807, 2.05) is 0 Å². The summed E-state index contributed by atoms with van der Waals surface area (Å²) < 4.78 is 11.1. The summed E-state index contributed by atoms with van der Waals surface area (Å²) in [6.45, 7) is 3.81. The maximum absolute atomic E-state index is 5.61. The van der Waals surface area contributed by atoms with Crippen molar-refractivity contribution in [1.82, 2.24) is 0 Å². The van der Waals surface area contributed by atoms with Crippen LogP contribution < -0.4 is 0 Å². The van der Waals surface area contributed by atoms with Crippen LogP contribution in [0.5, 0.6) is 0 Å². The predicted molar refractivity (Wildman–Crippen MR) is 67.3 cm³/mol. The first-order valence-electron chi connectivity index (χ1n) is 6.48.